The molecule has 0 N–H and O–H groups in total. The first kappa shape index (κ1) is 25.4. The number of anilines is 1. The van der Waals surface area contributed by atoms with Gasteiger partial charge in [0.15, 0.2) is 0 Å². The van der Waals surface area contributed by atoms with Crippen molar-refractivity contribution < 1.29 is 27.9 Å². The fourth-order valence-corrected chi connectivity index (χ4v) is 6.65. The highest BCUT2D eigenvalue weighted by molar-refractivity contribution is 7.54. The van der Waals surface area contributed by atoms with Crippen LogP contribution in [-0.2, 0) is 23.1 Å². The average Bonchev–Trinajstić information content (AvgIpc) is 2.82. The molecule has 0 saturated carbocycles. The lowest BCUT2D eigenvalue weighted by Gasteiger charge is -2.42. The summed E-state index contributed by atoms with van der Waals surface area (Å²) in [6, 6.07) is 5.67. The molecule has 0 amide bonds. The van der Waals surface area contributed by atoms with Crippen LogP contribution in [0.3, 0.4) is 0 Å². The molecule has 2 aromatic rings. The number of carbonyl (C=O) groups is 1. The maximum absolute atomic E-state index is 14.0. The molecule has 0 bridgehead atoms. The Bertz CT molecular complexity index is 978. The Morgan fingerprint density at radius 2 is 1.91 bits per heavy atom. The molecule has 182 valence electrons. The molecule has 1 saturated heterocycles. The summed E-state index contributed by atoms with van der Waals surface area (Å²) in [5, 5.41) is 0.811. The molecule has 3 rings (SSSR count). The van der Waals surface area contributed by atoms with Crippen molar-refractivity contribution in [3.63, 3.8) is 0 Å². The van der Waals surface area contributed by atoms with E-state index in [1.807, 2.05) is 36.9 Å². The van der Waals surface area contributed by atoms with Gasteiger partial charge in [-0.25, -0.2) is 9.97 Å². The van der Waals surface area contributed by atoms with Crippen LogP contribution in [-0.4, -0.2) is 55.2 Å². The molecule has 1 fully saturated rings. The van der Waals surface area contributed by atoms with E-state index < -0.39 is 13.4 Å². The first-order chi connectivity index (χ1) is 16.0. The highest BCUT2D eigenvalue weighted by Crippen LogP contribution is 2.58. The van der Waals surface area contributed by atoms with Crippen LogP contribution in [0.15, 0.2) is 24.5 Å². The van der Waals surface area contributed by atoms with Crippen LogP contribution in [0.2, 0.25) is 0 Å². The van der Waals surface area contributed by atoms with E-state index in [2.05, 4.69) is 9.97 Å². The van der Waals surface area contributed by atoms with E-state index >= 15 is 0 Å². The number of aromatic nitrogens is 2. The van der Waals surface area contributed by atoms with Crippen molar-refractivity contribution in [2.75, 3.05) is 38.4 Å². The van der Waals surface area contributed by atoms with E-state index in [9.17, 15) is 9.36 Å². The van der Waals surface area contributed by atoms with E-state index in [1.165, 1.54) is 6.33 Å². The molecule has 2 atom stereocenters. The number of carbonyl (C=O) groups excluding carboxylic acids is 1. The van der Waals surface area contributed by atoms with Gasteiger partial charge in [0.2, 0.25) is 0 Å². The molecule has 9 nitrogen and oxygen atoms in total. The Morgan fingerprint density at radius 3 is 2.58 bits per heavy atom. The van der Waals surface area contributed by atoms with Crippen LogP contribution in [0.4, 0.5) is 5.82 Å². The second kappa shape index (κ2) is 11.8. The molecule has 1 aliphatic rings. The predicted molar refractivity (Wildman–Crippen MR) is 127 cm³/mol. The lowest BCUT2D eigenvalue weighted by Crippen LogP contribution is -2.44. The smallest absolute Gasteiger partial charge is 0.352 e. The molecule has 2 heterocycles. The second-order valence-electron chi connectivity index (χ2n) is 7.84. The average molecular weight is 480 g/mol. The number of hydrogen-bond acceptors (Lipinski definition) is 9. The summed E-state index contributed by atoms with van der Waals surface area (Å²) in [7, 11) is -1.89. The van der Waals surface area contributed by atoms with Gasteiger partial charge in [-0.05, 0) is 58.1 Å². The zero-order valence-corrected chi connectivity index (χ0v) is 20.8. The van der Waals surface area contributed by atoms with E-state index in [0.717, 1.165) is 11.8 Å². The SMILES string of the molecule is CCOC(=O)CCC1CCN(c2ncnc3c(OC)cccc23)C(P(=O)(OCC)OCC)C1. The van der Waals surface area contributed by atoms with Gasteiger partial charge in [-0.3, -0.25) is 9.36 Å². The van der Waals surface area contributed by atoms with Crippen molar-refractivity contribution in [2.45, 2.75) is 52.2 Å². The van der Waals surface area contributed by atoms with Gasteiger partial charge in [0.25, 0.3) is 0 Å². The summed E-state index contributed by atoms with van der Waals surface area (Å²) in [6.07, 6.45) is 3.89. The van der Waals surface area contributed by atoms with Crippen molar-refractivity contribution in [2.24, 2.45) is 5.92 Å². The molecule has 0 radical (unpaired) electrons. The molecule has 1 aliphatic heterocycles. The maximum Gasteiger partial charge on any atom is 0.352 e. The Kier molecular flexibility index (Phi) is 9.06. The number of piperidine rings is 1. The first-order valence-electron chi connectivity index (χ1n) is 11.6. The van der Waals surface area contributed by atoms with Crippen molar-refractivity contribution in [1.29, 1.82) is 0 Å². The fourth-order valence-electron chi connectivity index (χ4n) is 4.39. The molecule has 0 spiro atoms. The van der Waals surface area contributed by atoms with Gasteiger partial charge < -0.3 is 23.4 Å². The molecular formula is C23H34N3O6P. The van der Waals surface area contributed by atoms with Gasteiger partial charge in [0.05, 0.1) is 26.9 Å². The summed E-state index contributed by atoms with van der Waals surface area (Å²) in [4.78, 5) is 22.9. The summed E-state index contributed by atoms with van der Waals surface area (Å²) in [5.74, 6) is 0.778. The molecular weight excluding hydrogens is 445 g/mol. The number of fused-ring (bicyclic) bond motifs is 1. The number of hydrogen-bond donors (Lipinski definition) is 0. The lowest BCUT2D eigenvalue weighted by atomic mass is 9.92. The van der Waals surface area contributed by atoms with Crippen LogP contribution in [0.25, 0.3) is 10.9 Å². The van der Waals surface area contributed by atoms with E-state index in [4.69, 9.17) is 18.5 Å². The first-order valence-corrected chi connectivity index (χ1v) is 13.2. The van der Waals surface area contributed by atoms with E-state index in [1.54, 1.807) is 14.0 Å². The molecule has 1 aromatic heterocycles. The van der Waals surface area contributed by atoms with Gasteiger partial charge in [-0.15, -0.1) is 0 Å². The van der Waals surface area contributed by atoms with Gasteiger partial charge >= 0.3 is 13.6 Å². The third-order valence-corrected chi connectivity index (χ3v) is 8.28. The summed E-state index contributed by atoms with van der Waals surface area (Å²) in [5.41, 5.74) is 0.691. The summed E-state index contributed by atoms with van der Waals surface area (Å²) < 4.78 is 36.0. The Balaban J connectivity index is 1.97. The zero-order valence-electron chi connectivity index (χ0n) is 19.9. The number of nitrogens with zero attached hydrogens (tertiary/aromatic N) is 3. The summed E-state index contributed by atoms with van der Waals surface area (Å²) in [6.45, 7) is 6.93. The van der Waals surface area contributed by atoms with E-state index in [0.29, 0.717) is 49.5 Å². The minimum absolute atomic E-state index is 0.188. The van der Waals surface area contributed by atoms with Gasteiger partial charge in [-0.2, -0.15) is 0 Å². The van der Waals surface area contributed by atoms with Crippen LogP contribution in [0.1, 0.15) is 46.5 Å². The van der Waals surface area contributed by atoms with Crippen LogP contribution >= 0.6 is 7.60 Å². The predicted octanol–water partition coefficient (Wildman–Crippen LogP) is 4.79. The molecule has 1 aromatic carbocycles. The van der Waals surface area contributed by atoms with Crippen molar-refractivity contribution in [1.82, 2.24) is 9.97 Å². The van der Waals surface area contributed by atoms with Crippen LogP contribution in [0, 0.1) is 5.92 Å². The number of methoxy groups -OCH3 is 1. The molecule has 2 unspecified atom stereocenters. The fraction of sp³-hybridized carbons (Fsp3) is 0.609. The summed E-state index contributed by atoms with van der Waals surface area (Å²) >= 11 is 0. The topological polar surface area (TPSA) is 100 Å². The minimum atomic E-state index is -3.49. The third-order valence-electron chi connectivity index (χ3n) is 5.83. The number of ether oxygens (including phenoxy) is 2. The number of benzene rings is 1. The monoisotopic (exact) mass is 479 g/mol. The van der Waals surface area contributed by atoms with Crippen LogP contribution < -0.4 is 9.64 Å². The Hall–Kier alpha value is -2.22. The van der Waals surface area contributed by atoms with Crippen molar-refractivity contribution >= 4 is 30.3 Å². The number of para-hydroxylation sites is 1. The lowest BCUT2D eigenvalue weighted by molar-refractivity contribution is -0.143. The van der Waals surface area contributed by atoms with Crippen LogP contribution in [0.5, 0.6) is 5.75 Å². The molecule has 10 heteroatoms. The van der Waals surface area contributed by atoms with Gasteiger partial charge in [0, 0.05) is 18.4 Å². The number of esters is 1. The Morgan fingerprint density at radius 1 is 1.15 bits per heavy atom. The standard InChI is InChI=1S/C23H34N3O6P/c1-5-30-21(27)12-11-17-13-14-26(20(15-17)33(28,31-6-2)32-7-3)23-18-9-8-10-19(29-4)22(18)24-16-25-23/h8-10,16-17,20H,5-7,11-15H2,1-4H3. The van der Waals surface area contributed by atoms with Gasteiger partial charge in [0.1, 0.15) is 29.2 Å². The molecule has 33 heavy (non-hydrogen) atoms. The van der Waals surface area contributed by atoms with E-state index in [-0.39, 0.29) is 25.1 Å². The normalized spacial score (nSPS) is 19.0. The zero-order chi connectivity index (χ0) is 23.8. The Labute approximate surface area is 195 Å². The minimum Gasteiger partial charge on any atom is -0.494 e. The largest absolute Gasteiger partial charge is 0.494 e. The highest BCUT2D eigenvalue weighted by atomic mass is 31.2. The maximum atomic E-state index is 14.0. The molecule has 0 aliphatic carbocycles. The number of rotatable bonds is 11. The van der Waals surface area contributed by atoms with Crippen molar-refractivity contribution in [3.8, 4) is 5.75 Å². The highest BCUT2D eigenvalue weighted by Gasteiger charge is 2.44. The van der Waals surface area contributed by atoms with Crippen molar-refractivity contribution in [3.05, 3.63) is 24.5 Å². The third kappa shape index (κ3) is 5.83. The van der Waals surface area contributed by atoms with Gasteiger partial charge in [-0.1, -0.05) is 6.07 Å². The second-order valence-corrected chi connectivity index (χ2v) is 10.0. The quantitative estimate of drug-likeness (QED) is 0.333.